The number of Topliss-reactive ketones (excluding diaryl/α,β-unsaturated/α-hetero) is 1. The van der Waals surface area contributed by atoms with Gasteiger partial charge in [-0.05, 0) is 6.07 Å². The lowest BCUT2D eigenvalue weighted by molar-refractivity contribution is -0.384. The van der Waals surface area contributed by atoms with E-state index in [-0.39, 0.29) is 11.3 Å². The maximum absolute atomic E-state index is 11.7. The van der Waals surface area contributed by atoms with E-state index in [1.807, 2.05) is 0 Å². The van der Waals surface area contributed by atoms with Crippen LogP contribution in [0.4, 0.5) is 5.69 Å². The summed E-state index contributed by atoms with van der Waals surface area (Å²) in [6.45, 7) is 0. The second kappa shape index (κ2) is 4.28. The van der Waals surface area contributed by atoms with E-state index >= 15 is 0 Å². The van der Waals surface area contributed by atoms with Crippen molar-refractivity contribution in [1.82, 2.24) is 4.98 Å². The summed E-state index contributed by atoms with van der Waals surface area (Å²) in [5.41, 5.74) is 0.439. The quantitative estimate of drug-likeness (QED) is 0.291. The molecule has 1 heterocycles. The molecule has 0 fully saturated rings. The lowest BCUT2D eigenvalue weighted by atomic mass is 10.1. The number of nitro benzene ring substituents is 1. The van der Waals surface area contributed by atoms with Crippen LogP contribution in [-0.4, -0.2) is 28.8 Å². The van der Waals surface area contributed by atoms with Crippen LogP contribution in [0.3, 0.4) is 0 Å². The molecule has 1 aromatic heterocycles. The number of ketones is 1. The highest BCUT2D eigenvalue weighted by Crippen LogP contribution is 2.24. The van der Waals surface area contributed by atoms with Gasteiger partial charge in [0.15, 0.2) is 0 Å². The molecule has 0 radical (unpaired) electrons. The number of H-pyrrole nitrogens is 1. The van der Waals surface area contributed by atoms with Crippen molar-refractivity contribution in [2.75, 3.05) is 7.11 Å². The van der Waals surface area contributed by atoms with Crippen LogP contribution in [0, 0.1) is 10.1 Å². The number of nitro groups is 1. The molecule has 0 unspecified atom stereocenters. The van der Waals surface area contributed by atoms with Gasteiger partial charge in [0.05, 0.1) is 17.6 Å². The van der Waals surface area contributed by atoms with Gasteiger partial charge in [0.1, 0.15) is 0 Å². The van der Waals surface area contributed by atoms with Gasteiger partial charge in [0.25, 0.3) is 11.5 Å². The minimum absolute atomic E-state index is 0.0561. The molecule has 0 aliphatic rings. The molecule has 0 saturated carbocycles. The number of carbonyl (C=O) groups excluding carboxylic acids is 2. The van der Waals surface area contributed by atoms with Crippen molar-refractivity contribution in [2.24, 2.45) is 0 Å². The van der Waals surface area contributed by atoms with E-state index in [0.29, 0.717) is 10.9 Å². The summed E-state index contributed by atoms with van der Waals surface area (Å²) in [4.78, 5) is 35.7. The van der Waals surface area contributed by atoms with E-state index in [1.54, 1.807) is 0 Å². The molecule has 0 aliphatic heterocycles. The molecule has 7 heteroatoms. The van der Waals surface area contributed by atoms with Crippen molar-refractivity contribution in [3.8, 4) is 0 Å². The molecule has 1 aromatic carbocycles. The molecule has 7 nitrogen and oxygen atoms in total. The first kappa shape index (κ1) is 11.8. The Bertz CT molecular complexity index is 658. The standard InChI is InChI=1S/C11H8N2O5/c1-18-11(15)10(14)8-5-12-9-3-2-6(13(16)17)4-7(8)9/h2-5,12H,1H3. The first-order valence-corrected chi connectivity index (χ1v) is 4.92. The van der Waals surface area contributed by atoms with Gasteiger partial charge >= 0.3 is 5.97 Å². The topological polar surface area (TPSA) is 102 Å². The molecule has 0 saturated heterocycles. The minimum Gasteiger partial charge on any atom is -0.463 e. The third kappa shape index (κ3) is 1.81. The number of nitrogens with zero attached hydrogens (tertiary/aromatic N) is 1. The number of hydrogen-bond donors (Lipinski definition) is 1. The average Bonchev–Trinajstić information content (AvgIpc) is 2.79. The lowest BCUT2D eigenvalue weighted by Crippen LogP contribution is -2.15. The van der Waals surface area contributed by atoms with Crippen molar-refractivity contribution in [2.45, 2.75) is 0 Å². The van der Waals surface area contributed by atoms with Gasteiger partial charge in [-0.1, -0.05) is 0 Å². The molecule has 18 heavy (non-hydrogen) atoms. The van der Waals surface area contributed by atoms with E-state index in [1.165, 1.54) is 24.4 Å². The van der Waals surface area contributed by atoms with Gasteiger partial charge in [0.2, 0.25) is 0 Å². The highest BCUT2D eigenvalue weighted by molar-refractivity contribution is 6.42. The van der Waals surface area contributed by atoms with Crippen LogP contribution >= 0.6 is 0 Å². The molecule has 92 valence electrons. The predicted octanol–water partition coefficient (Wildman–Crippen LogP) is 1.43. The zero-order valence-corrected chi connectivity index (χ0v) is 9.30. The predicted molar refractivity (Wildman–Crippen MR) is 61.3 cm³/mol. The SMILES string of the molecule is COC(=O)C(=O)c1c[nH]c2ccc([N+](=O)[O-])cc12. The number of non-ortho nitro benzene ring substituents is 1. The first-order valence-electron chi connectivity index (χ1n) is 4.92. The Morgan fingerprint density at radius 2 is 2.11 bits per heavy atom. The van der Waals surface area contributed by atoms with Gasteiger partial charge in [-0.3, -0.25) is 14.9 Å². The third-order valence-corrected chi connectivity index (χ3v) is 2.49. The number of ether oxygens (including phenoxy) is 1. The van der Waals surface area contributed by atoms with Crippen molar-refractivity contribution < 1.29 is 19.2 Å². The Kier molecular flexibility index (Phi) is 2.80. The van der Waals surface area contributed by atoms with Crippen molar-refractivity contribution in [1.29, 1.82) is 0 Å². The monoisotopic (exact) mass is 248 g/mol. The molecule has 0 amide bonds. The number of hydrogen-bond acceptors (Lipinski definition) is 5. The number of esters is 1. The Labute approximate surface area is 101 Å². The molecule has 0 bridgehead atoms. The van der Waals surface area contributed by atoms with Crippen LogP contribution < -0.4 is 0 Å². The zero-order valence-electron chi connectivity index (χ0n) is 9.30. The molecule has 2 rings (SSSR count). The van der Waals surface area contributed by atoms with Crippen LogP contribution in [0.15, 0.2) is 24.4 Å². The number of aromatic amines is 1. The van der Waals surface area contributed by atoms with Crippen LogP contribution in [0.2, 0.25) is 0 Å². The summed E-state index contributed by atoms with van der Waals surface area (Å²) in [6, 6.07) is 4.02. The van der Waals surface area contributed by atoms with Crippen LogP contribution in [0.1, 0.15) is 10.4 Å². The minimum atomic E-state index is -1.01. The Morgan fingerprint density at radius 1 is 1.39 bits per heavy atom. The molecular weight excluding hydrogens is 240 g/mol. The third-order valence-electron chi connectivity index (χ3n) is 2.49. The Balaban J connectivity index is 2.58. The fourth-order valence-electron chi connectivity index (χ4n) is 1.61. The van der Waals surface area contributed by atoms with Crippen LogP contribution in [-0.2, 0) is 9.53 Å². The average molecular weight is 248 g/mol. The second-order valence-corrected chi connectivity index (χ2v) is 3.51. The summed E-state index contributed by atoms with van der Waals surface area (Å²) in [5.74, 6) is -1.85. The van der Waals surface area contributed by atoms with E-state index in [2.05, 4.69) is 9.72 Å². The molecule has 0 spiro atoms. The molecule has 0 atom stereocenters. The lowest BCUT2D eigenvalue weighted by Gasteiger charge is -1.97. The normalized spacial score (nSPS) is 10.3. The van der Waals surface area contributed by atoms with E-state index in [0.717, 1.165) is 7.11 Å². The molecule has 0 aliphatic carbocycles. The van der Waals surface area contributed by atoms with Crippen molar-refractivity contribution in [3.63, 3.8) is 0 Å². The summed E-state index contributed by atoms with van der Waals surface area (Å²) < 4.78 is 4.33. The number of rotatable bonds is 3. The van der Waals surface area contributed by atoms with E-state index in [4.69, 9.17) is 0 Å². The Morgan fingerprint density at radius 3 is 2.72 bits per heavy atom. The number of methoxy groups -OCH3 is 1. The van der Waals surface area contributed by atoms with Crippen LogP contribution in [0.5, 0.6) is 0 Å². The summed E-state index contributed by atoms with van der Waals surface area (Å²) >= 11 is 0. The van der Waals surface area contributed by atoms with Gasteiger partial charge in [-0.25, -0.2) is 4.79 Å². The molecular formula is C11H8N2O5. The fourth-order valence-corrected chi connectivity index (χ4v) is 1.61. The van der Waals surface area contributed by atoms with Crippen molar-refractivity contribution in [3.05, 3.63) is 40.1 Å². The summed E-state index contributed by atoms with van der Waals surface area (Å²) in [5, 5.41) is 11.0. The number of aromatic nitrogens is 1. The largest absolute Gasteiger partial charge is 0.463 e. The number of fused-ring (bicyclic) bond motifs is 1. The van der Waals surface area contributed by atoms with Crippen molar-refractivity contribution >= 4 is 28.3 Å². The van der Waals surface area contributed by atoms with Crippen LogP contribution in [0.25, 0.3) is 10.9 Å². The van der Waals surface area contributed by atoms with E-state index in [9.17, 15) is 19.7 Å². The molecule has 1 N–H and O–H groups in total. The maximum Gasteiger partial charge on any atom is 0.379 e. The second-order valence-electron chi connectivity index (χ2n) is 3.51. The number of carbonyl (C=O) groups is 2. The highest BCUT2D eigenvalue weighted by Gasteiger charge is 2.21. The summed E-state index contributed by atoms with van der Waals surface area (Å²) in [7, 11) is 1.09. The number of nitrogens with one attached hydrogen (secondary N) is 1. The number of benzene rings is 1. The van der Waals surface area contributed by atoms with Gasteiger partial charge in [-0.2, -0.15) is 0 Å². The van der Waals surface area contributed by atoms with E-state index < -0.39 is 16.7 Å². The zero-order chi connectivity index (χ0) is 13.3. The first-order chi connectivity index (χ1) is 8.54. The van der Waals surface area contributed by atoms with Gasteiger partial charge in [-0.15, -0.1) is 0 Å². The highest BCUT2D eigenvalue weighted by atomic mass is 16.6. The van der Waals surface area contributed by atoms with Gasteiger partial charge in [0, 0.05) is 29.2 Å². The smallest absolute Gasteiger partial charge is 0.379 e. The summed E-state index contributed by atoms with van der Waals surface area (Å²) in [6.07, 6.45) is 1.33. The molecule has 2 aromatic rings. The maximum atomic E-state index is 11.7. The van der Waals surface area contributed by atoms with Gasteiger partial charge < -0.3 is 9.72 Å². The Hall–Kier alpha value is -2.70. The fraction of sp³-hybridized carbons (Fsp3) is 0.0909.